The monoisotopic (exact) mass is 311 g/mol. The van der Waals surface area contributed by atoms with E-state index in [1.54, 1.807) is 30.3 Å². The fraction of sp³-hybridized carbons (Fsp3) is 0.143. The van der Waals surface area contributed by atoms with E-state index in [0.717, 1.165) is 5.56 Å². The third-order valence-electron chi connectivity index (χ3n) is 2.78. The van der Waals surface area contributed by atoms with Gasteiger partial charge in [0.25, 0.3) is 10.0 Å². The van der Waals surface area contributed by atoms with E-state index in [0.29, 0.717) is 16.5 Å². The molecule has 4 nitrogen and oxygen atoms in total. The second-order valence-corrected chi connectivity index (χ2v) is 6.34. The molecule has 0 radical (unpaired) electrons. The summed E-state index contributed by atoms with van der Waals surface area (Å²) in [4.78, 5) is 0.121. The molecule has 0 aliphatic carbocycles. The Morgan fingerprint density at radius 3 is 2.55 bits per heavy atom. The molecule has 0 spiro atoms. The van der Waals surface area contributed by atoms with Crippen molar-refractivity contribution < 1.29 is 13.2 Å². The third kappa shape index (κ3) is 3.23. The van der Waals surface area contributed by atoms with E-state index < -0.39 is 10.0 Å². The van der Waals surface area contributed by atoms with Crippen LogP contribution in [0.25, 0.3) is 0 Å². The summed E-state index contributed by atoms with van der Waals surface area (Å²) in [7, 11) is -2.15. The van der Waals surface area contributed by atoms with E-state index in [1.165, 1.54) is 19.2 Å². The van der Waals surface area contributed by atoms with E-state index in [2.05, 4.69) is 4.72 Å². The van der Waals surface area contributed by atoms with Crippen molar-refractivity contribution in [3.8, 4) is 5.75 Å². The van der Waals surface area contributed by atoms with Crippen LogP contribution in [0.4, 0.5) is 5.69 Å². The van der Waals surface area contributed by atoms with Gasteiger partial charge in [0.05, 0.1) is 17.7 Å². The first-order valence-electron chi connectivity index (χ1n) is 5.85. The van der Waals surface area contributed by atoms with Crippen LogP contribution in [0.2, 0.25) is 5.02 Å². The highest BCUT2D eigenvalue weighted by atomic mass is 35.5. The number of aryl methyl sites for hydroxylation is 1. The Morgan fingerprint density at radius 2 is 1.90 bits per heavy atom. The second-order valence-electron chi connectivity index (χ2n) is 4.25. The standard InChI is InChI=1S/C14H14ClNO3S/c1-10-6-7-13(9-14(10)15)20(17,18)16-11-4-3-5-12(8-11)19-2/h3-9,16H,1-2H3. The van der Waals surface area contributed by atoms with E-state index in [9.17, 15) is 8.42 Å². The fourth-order valence-corrected chi connectivity index (χ4v) is 2.96. The zero-order valence-electron chi connectivity index (χ0n) is 11.1. The number of hydrogen-bond donors (Lipinski definition) is 1. The smallest absolute Gasteiger partial charge is 0.261 e. The van der Waals surface area contributed by atoms with Gasteiger partial charge in [-0.25, -0.2) is 8.42 Å². The maximum Gasteiger partial charge on any atom is 0.261 e. The summed E-state index contributed by atoms with van der Waals surface area (Å²) < 4.78 is 32.1. The average molecular weight is 312 g/mol. The molecular formula is C14H14ClNO3S. The minimum atomic E-state index is -3.67. The Balaban J connectivity index is 2.32. The van der Waals surface area contributed by atoms with Crippen LogP contribution in [0.5, 0.6) is 5.75 Å². The molecule has 0 atom stereocenters. The van der Waals surface area contributed by atoms with Gasteiger partial charge in [0.15, 0.2) is 0 Å². The lowest BCUT2D eigenvalue weighted by molar-refractivity contribution is 0.415. The molecule has 0 unspecified atom stereocenters. The summed E-state index contributed by atoms with van der Waals surface area (Å²) >= 11 is 5.96. The molecule has 106 valence electrons. The van der Waals surface area contributed by atoms with Gasteiger partial charge < -0.3 is 4.74 Å². The molecule has 2 aromatic carbocycles. The topological polar surface area (TPSA) is 55.4 Å². The maximum absolute atomic E-state index is 12.3. The average Bonchev–Trinajstić information content (AvgIpc) is 2.41. The van der Waals surface area contributed by atoms with Crippen molar-refractivity contribution in [2.45, 2.75) is 11.8 Å². The van der Waals surface area contributed by atoms with Gasteiger partial charge in [-0.3, -0.25) is 4.72 Å². The van der Waals surface area contributed by atoms with Crippen molar-refractivity contribution in [3.63, 3.8) is 0 Å². The fourth-order valence-electron chi connectivity index (χ4n) is 1.64. The number of sulfonamides is 1. The number of anilines is 1. The Hall–Kier alpha value is -1.72. The summed E-state index contributed by atoms with van der Waals surface area (Å²) in [6.07, 6.45) is 0. The number of ether oxygens (including phenoxy) is 1. The van der Waals surface area contributed by atoms with Gasteiger partial charge >= 0.3 is 0 Å². The van der Waals surface area contributed by atoms with Gasteiger partial charge in [0, 0.05) is 11.1 Å². The lowest BCUT2D eigenvalue weighted by Crippen LogP contribution is -2.13. The van der Waals surface area contributed by atoms with E-state index in [4.69, 9.17) is 16.3 Å². The van der Waals surface area contributed by atoms with Crippen molar-refractivity contribution in [2.24, 2.45) is 0 Å². The first kappa shape index (κ1) is 14.7. The molecule has 0 aromatic heterocycles. The highest BCUT2D eigenvalue weighted by Gasteiger charge is 2.15. The molecule has 0 amide bonds. The highest BCUT2D eigenvalue weighted by molar-refractivity contribution is 7.92. The number of methoxy groups -OCH3 is 1. The molecule has 0 heterocycles. The predicted molar refractivity (Wildman–Crippen MR) is 80.0 cm³/mol. The normalized spacial score (nSPS) is 11.2. The molecule has 2 aromatic rings. The van der Waals surface area contributed by atoms with Crippen molar-refractivity contribution >= 4 is 27.3 Å². The molecule has 0 saturated heterocycles. The molecule has 0 fully saturated rings. The van der Waals surface area contributed by atoms with Gasteiger partial charge in [-0.2, -0.15) is 0 Å². The molecule has 2 rings (SSSR count). The molecule has 0 aliphatic heterocycles. The number of nitrogens with one attached hydrogen (secondary N) is 1. The van der Waals surface area contributed by atoms with E-state index in [-0.39, 0.29) is 4.90 Å². The quantitative estimate of drug-likeness (QED) is 0.940. The summed E-state index contributed by atoms with van der Waals surface area (Å²) in [5.41, 5.74) is 1.26. The molecule has 0 bridgehead atoms. The first-order valence-corrected chi connectivity index (χ1v) is 7.71. The van der Waals surface area contributed by atoms with E-state index in [1.807, 2.05) is 6.92 Å². The third-order valence-corrected chi connectivity index (χ3v) is 4.56. The lowest BCUT2D eigenvalue weighted by Gasteiger charge is -2.10. The van der Waals surface area contributed by atoms with Gasteiger partial charge in [0.2, 0.25) is 0 Å². The number of rotatable bonds is 4. The maximum atomic E-state index is 12.3. The van der Waals surface area contributed by atoms with Crippen LogP contribution in [0.1, 0.15) is 5.56 Å². The SMILES string of the molecule is COc1cccc(NS(=O)(=O)c2ccc(C)c(Cl)c2)c1. The van der Waals surface area contributed by atoms with Crippen LogP contribution in [0.3, 0.4) is 0 Å². The lowest BCUT2D eigenvalue weighted by atomic mass is 10.2. The summed E-state index contributed by atoms with van der Waals surface area (Å²) in [5, 5.41) is 0.415. The van der Waals surface area contributed by atoms with Crippen LogP contribution in [-0.2, 0) is 10.0 Å². The van der Waals surface area contributed by atoms with Crippen LogP contribution >= 0.6 is 11.6 Å². The molecule has 0 aliphatic rings. The second kappa shape index (κ2) is 5.73. The van der Waals surface area contributed by atoms with Gasteiger partial charge in [-0.1, -0.05) is 23.7 Å². The van der Waals surface area contributed by atoms with Crippen molar-refractivity contribution in [3.05, 3.63) is 53.1 Å². The zero-order valence-corrected chi connectivity index (χ0v) is 12.6. The molecule has 6 heteroatoms. The Bertz CT molecular complexity index is 729. The van der Waals surface area contributed by atoms with Crippen molar-refractivity contribution in [2.75, 3.05) is 11.8 Å². The first-order chi connectivity index (χ1) is 9.42. The van der Waals surface area contributed by atoms with Crippen molar-refractivity contribution in [1.82, 2.24) is 0 Å². The summed E-state index contributed by atoms with van der Waals surface area (Å²) in [6, 6.07) is 11.3. The Morgan fingerprint density at radius 1 is 1.15 bits per heavy atom. The molecular weight excluding hydrogens is 298 g/mol. The number of hydrogen-bond acceptors (Lipinski definition) is 3. The summed E-state index contributed by atoms with van der Waals surface area (Å²) in [6.45, 7) is 1.81. The Kier molecular flexibility index (Phi) is 4.20. The number of halogens is 1. The molecule has 0 saturated carbocycles. The highest BCUT2D eigenvalue weighted by Crippen LogP contribution is 2.23. The van der Waals surface area contributed by atoms with Crippen LogP contribution in [0.15, 0.2) is 47.4 Å². The van der Waals surface area contributed by atoms with Gasteiger partial charge in [-0.05, 0) is 36.8 Å². The molecule has 1 N–H and O–H groups in total. The minimum Gasteiger partial charge on any atom is -0.497 e. The summed E-state index contributed by atoms with van der Waals surface area (Å²) in [5.74, 6) is 0.576. The van der Waals surface area contributed by atoms with Crippen LogP contribution < -0.4 is 9.46 Å². The van der Waals surface area contributed by atoms with E-state index >= 15 is 0 Å². The van der Waals surface area contributed by atoms with Crippen LogP contribution in [-0.4, -0.2) is 15.5 Å². The van der Waals surface area contributed by atoms with Gasteiger partial charge in [-0.15, -0.1) is 0 Å². The number of benzene rings is 2. The van der Waals surface area contributed by atoms with Crippen LogP contribution in [0, 0.1) is 6.92 Å². The zero-order chi connectivity index (χ0) is 14.8. The Labute approximate surface area is 123 Å². The predicted octanol–water partition coefficient (Wildman–Crippen LogP) is 3.46. The molecule has 20 heavy (non-hydrogen) atoms. The van der Waals surface area contributed by atoms with Gasteiger partial charge in [0.1, 0.15) is 5.75 Å². The minimum absolute atomic E-state index is 0.121. The largest absolute Gasteiger partial charge is 0.497 e. The van der Waals surface area contributed by atoms with Crippen molar-refractivity contribution in [1.29, 1.82) is 0 Å².